The molecule has 1 saturated heterocycles. The Morgan fingerprint density at radius 2 is 2.15 bits per heavy atom. The van der Waals surface area contributed by atoms with E-state index in [0.29, 0.717) is 26.2 Å². The van der Waals surface area contributed by atoms with Gasteiger partial charge in [-0.1, -0.05) is 6.07 Å². The quantitative estimate of drug-likeness (QED) is 0.733. The minimum atomic E-state index is -4.47. The first-order valence-corrected chi connectivity index (χ1v) is 8.35. The maximum Gasteiger partial charge on any atom is 0.416 e. The second-order valence-corrected chi connectivity index (χ2v) is 6.45. The Labute approximate surface area is 154 Å². The van der Waals surface area contributed by atoms with Crippen molar-refractivity contribution < 1.29 is 32.6 Å². The molecule has 0 saturated carbocycles. The highest BCUT2D eigenvalue weighted by molar-refractivity contribution is 5.92. The molecule has 1 aromatic carbocycles. The number of benzene rings is 1. The van der Waals surface area contributed by atoms with Gasteiger partial charge in [0, 0.05) is 25.3 Å². The summed E-state index contributed by atoms with van der Waals surface area (Å²) in [5.74, 6) is -1.36. The van der Waals surface area contributed by atoms with Gasteiger partial charge in [-0.2, -0.15) is 13.2 Å². The molecule has 27 heavy (non-hydrogen) atoms. The molecule has 1 fully saturated rings. The number of carbonyl (C=O) groups excluding carboxylic acids is 1. The van der Waals surface area contributed by atoms with Gasteiger partial charge in [-0.15, -0.1) is 0 Å². The number of alkyl halides is 3. The highest BCUT2D eigenvalue weighted by Gasteiger charge is 2.30. The number of carbonyl (C=O) groups is 2. The smallest absolute Gasteiger partial charge is 0.416 e. The predicted octanol–water partition coefficient (Wildman–Crippen LogP) is 1.36. The van der Waals surface area contributed by atoms with Crippen LogP contribution < -0.4 is 5.32 Å². The minimum absolute atomic E-state index is 0.0126. The summed E-state index contributed by atoms with van der Waals surface area (Å²) in [5.41, 5.74) is -0.742. The van der Waals surface area contributed by atoms with E-state index in [1.165, 1.54) is 12.1 Å². The molecular formula is C17H22F3N3O4. The Morgan fingerprint density at radius 3 is 2.81 bits per heavy atom. The molecule has 150 valence electrons. The molecule has 1 atom stereocenters. The Hall–Kier alpha value is -2.17. The number of ether oxygens (including phenoxy) is 1. The largest absolute Gasteiger partial charge is 0.480 e. The van der Waals surface area contributed by atoms with E-state index in [0.717, 1.165) is 12.1 Å². The number of nitrogens with zero attached hydrogens (tertiary/aromatic N) is 2. The molecule has 2 rings (SSSR count). The van der Waals surface area contributed by atoms with Gasteiger partial charge in [0.05, 0.1) is 31.4 Å². The first kappa shape index (κ1) is 21.1. The summed E-state index contributed by atoms with van der Waals surface area (Å²) in [5, 5.41) is 11.3. The Kier molecular flexibility index (Phi) is 7.17. The number of carboxylic acids is 1. The van der Waals surface area contributed by atoms with Crippen LogP contribution in [-0.4, -0.2) is 79.3 Å². The highest BCUT2D eigenvalue weighted by atomic mass is 19.4. The molecule has 1 aromatic rings. The second kappa shape index (κ2) is 9.16. The van der Waals surface area contributed by atoms with Gasteiger partial charge in [0.2, 0.25) is 5.91 Å². The van der Waals surface area contributed by atoms with Gasteiger partial charge >= 0.3 is 12.1 Å². The van der Waals surface area contributed by atoms with Gasteiger partial charge in [0.1, 0.15) is 0 Å². The lowest BCUT2D eigenvalue weighted by molar-refractivity contribution is -0.139. The topological polar surface area (TPSA) is 82.1 Å². The Morgan fingerprint density at radius 1 is 1.41 bits per heavy atom. The van der Waals surface area contributed by atoms with Gasteiger partial charge in [0.25, 0.3) is 0 Å². The van der Waals surface area contributed by atoms with Crippen molar-refractivity contribution in [2.24, 2.45) is 0 Å². The number of aliphatic carboxylic acids is 1. The molecule has 1 heterocycles. The van der Waals surface area contributed by atoms with Gasteiger partial charge < -0.3 is 15.2 Å². The monoisotopic (exact) mass is 389 g/mol. The van der Waals surface area contributed by atoms with Gasteiger partial charge in [-0.25, -0.2) is 0 Å². The van der Waals surface area contributed by atoms with Gasteiger partial charge in [-0.3, -0.25) is 19.4 Å². The molecule has 0 bridgehead atoms. The number of hydrogen-bond acceptors (Lipinski definition) is 5. The third-order valence-electron chi connectivity index (χ3n) is 3.98. The summed E-state index contributed by atoms with van der Waals surface area (Å²) in [6.07, 6.45) is -4.72. The molecule has 0 aromatic heterocycles. The lowest BCUT2D eigenvalue weighted by atomic mass is 10.2. The lowest BCUT2D eigenvalue weighted by Gasteiger charge is -2.34. The zero-order valence-electron chi connectivity index (χ0n) is 14.8. The van der Waals surface area contributed by atoms with Crippen LogP contribution in [0.3, 0.4) is 0 Å². The summed E-state index contributed by atoms with van der Waals surface area (Å²) in [4.78, 5) is 26.3. The number of amides is 1. The first-order valence-electron chi connectivity index (χ1n) is 8.35. The van der Waals surface area contributed by atoms with Gasteiger partial charge in [-0.05, 0) is 25.2 Å². The fourth-order valence-corrected chi connectivity index (χ4v) is 2.85. The normalized spacial score (nSPS) is 18.5. The zero-order chi connectivity index (χ0) is 20.0. The summed E-state index contributed by atoms with van der Waals surface area (Å²) < 4.78 is 43.8. The Balaban J connectivity index is 1.85. The second-order valence-electron chi connectivity index (χ2n) is 6.45. The molecule has 0 aliphatic carbocycles. The van der Waals surface area contributed by atoms with Crippen molar-refractivity contribution in [1.29, 1.82) is 0 Å². The van der Waals surface area contributed by atoms with Crippen molar-refractivity contribution in [3.63, 3.8) is 0 Å². The fraction of sp³-hybridized carbons (Fsp3) is 0.529. The van der Waals surface area contributed by atoms with Crippen molar-refractivity contribution in [3.8, 4) is 0 Å². The van der Waals surface area contributed by atoms with Crippen LogP contribution in [0.25, 0.3) is 0 Å². The maximum absolute atomic E-state index is 12.7. The zero-order valence-corrected chi connectivity index (χ0v) is 14.8. The number of nitrogens with one attached hydrogen (secondary N) is 1. The van der Waals surface area contributed by atoms with Crippen molar-refractivity contribution in [1.82, 2.24) is 9.80 Å². The third kappa shape index (κ3) is 7.16. The van der Waals surface area contributed by atoms with E-state index in [-0.39, 0.29) is 24.9 Å². The molecule has 0 radical (unpaired) electrons. The molecule has 1 aliphatic rings. The van der Waals surface area contributed by atoms with Crippen LogP contribution in [0.1, 0.15) is 5.56 Å². The molecule has 1 unspecified atom stereocenters. The average molecular weight is 389 g/mol. The number of halogens is 3. The predicted molar refractivity (Wildman–Crippen MR) is 91.4 cm³/mol. The number of rotatable bonds is 7. The van der Waals surface area contributed by atoms with Crippen LogP contribution in [0.4, 0.5) is 18.9 Å². The van der Waals surface area contributed by atoms with E-state index in [9.17, 15) is 22.8 Å². The molecule has 1 aliphatic heterocycles. The number of hydrogen-bond donors (Lipinski definition) is 2. The van der Waals surface area contributed by atoms with Crippen molar-refractivity contribution >= 4 is 17.6 Å². The average Bonchev–Trinajstić information content (AvgIpc) is 2.53. The van der Waals surface area contributed by atoms with Crippen LogP contribution in [0.2, 0.25) is 0 Å². The molecule has 10 heteroatoms. The van der Waals surface area contributed by atoms with Crippen LogP contribution in [0, 0.1) is 0 Å². The number of carboxylic acid groups (broad SMARTS) is 1. The number of likely N-dealkylation sites (N-methyl/N-ethyl adjacent to an activating group) is 1. The Bertz CT molecular complexity index is 669. The molecule has 1 amide bonds. The summed E-state index contributed by atoms with van der Waals surface area (Å²) in [7, 11) is 1.66. The molecule has 7 nitrogen and oxygen atoms in total. The van der Waals surface area contributed by atoms with E-state index in [1.54, 1.807) is 11.9 Å². The third-order valence-corrected chi connectivity index (χ3v) is 3.98. The summed E-state index contributed by atoms with van der Waals surface area (Å²) >= 11 is 0. The van der Waals surface area contributed by atoms with Crippen LogP contribution >= 0.6 is 0 Å². The summed E-state index contributed by atoms with van der Waals surface area (Å²) in [6, 6.07) is 4.47. The lowest BCUT2D eigenvalue weighted by Crippen LogP contribution is -2.49. The fourth-order valence-electron chi connectivity index (χ4n) is 2.85. The van der Waals surface area contributed by atoms with Crippen LogP contribution in [-0.2, 0) is 20.5 Å². The molecule has 2 N–H and O–H groups in total. The standard InChI is InChI=1S/C17H22F3N3O4/c1-22(11-16(25)26)8-14-9-23(5-6-27-14)10-15(24)21-13-4-2-3-12(7-13)17(18,19)20/h2-4,7,14H,5-6,8-11H2,1H3,(H,21,24)(H,25,26). The highest BCUT2D eigenvalue weighted by Crippen LogP contribution is 2.30. The van der Waals surface area contributed by atoms with E-state index in [1.807, 2.05) is 4.90 Å². The van der Waals surface area contributed by atoms with E-state index >= 15 is 0 Å². The number of anilines is 1. The molecule has 0 spiro atoms. The van der Waals surface area contributed by atoms with E-state index in [2.05, 4.69) is 5.32 Å². The van der Waals surface area contributed by atoms with Crippen LogP contribution in [0.15, 0.2) is 24.3 Å². The van der Waals surface area contributed by atoms with Crippen molar-refractivity contribution in [3.05, 3.63) is 29.8 Å². The van der Waals surface area contributed by atoms with Crippen LogP contribution in [0.5, 0.6) is 0 Å². The van der Waals surface area contributed by atoms with E-state index in [4.69, 9.17) is 9.84 Å². The van der Waals surface area contributed by atoms with Crippen molar-refractivity contribution in [2.75, 3.05) is 51.7 Å². The minimum Gasteiger partial charge on any atom is -0.480 e. The summed E-state index contributed by atoms with van der Waals surface area (Å²) in [6.45, 7) is 1.63. The first-order chi connectivity index (χ1) is 12.6. The van der Waals surface area contributed by atoms with E-state index < -0.39 is 23.6 Å². The SMILES string of the molecule is CN(CC(=O)O)CC1CN(CC(=O)Nc2cccc(C(F)(F)F)c2)CCO1. The van der Waals surface area contributed by atoms with Gasteiger partial charge in [0.15, 0.2) is 0 Å². The number of morpholine rings is 1. The van der Waals surface area contributed by atoms with Crippen molar-refractivity contribution in [2.45, 2.75) is 12.3 Å². The maximum atomic E-state index is 12.7. The molecular weight excluding hydrogens is 367 g/mol.